The molecular weight excluding hydrogens is 166 g/mol. The van der Waals surface area contributed by atoms with Crippen LogP contribution in [0.1, 0.15) is 32.1 Å². The molecule has 1 saturated carbocycles. The molecule has 2 rings (SSSR count). The highest BCUT2D eigenvalue weighted by atomic mass is 16.4. The van der Waals surface area contributed by atoms with Crippen LogP contribution in [-0.2, 0) is 4.79 Å². The van der Waals surface area contributed by atoms with Crippen LogP contribution in [0.3, 0.4) is 0 Å². The van der Waals surface area contributed by atoms with E-state index in [-0.39, 0.29) is 0 Å². The van der Waals surface area contributed by atoms with E-state index in [0.717, 1.165) is 12.8 Å². The molecule has 1 saturated heterocycles. The topological polar surface area (TPSA) is 49.3 Å². The van der Waals surface area contributed by atoms with Gasteiger partial charge in [-0.2, -0.15) is 0 Å². The molecule has 2 N–H and O–H groups in total. The quantitative estimate of drug-likeness (QED) is 0.677. The first kappa shape index (κ1) is 9.00. The molecule has 0 aromatic rings. The van der Waals surface area contributed by atoms with Gasteiger partial charge in [0.05, 0.1) is 5.41 Å². The molecule has 0 aromatic carbocycles. The second-order valence-electron chi connectivity index (χ2n) is 4.40. The van der Waals surface area contributed by atoms with Crippen molar-refractivity contribution < 1.29 is 9.90 Å². The van der Waals surface area contributed by atoms with Gasteiger partial charge in [0, 0.05) is 13.1 Å². The number of carboxylic acid groups (broad SMARTS) is 1. The van der Waals surface area contributed by atoms with Gasteiger partial charge in [0.1, 0.15) is 0 Å². The normalized spacial score (nSPS) is 28.0. The molecule has 2 aliphatic rings. The van der Waals surface area contributed by atoms with Crippen LogP contribution in [0.15, 0.2) is 0 Å². The minimum atomic E-state index is -0.585. The Kier molecular flexibility index (Phi) is 2.28. The van der Waals surface area contributed by atoms with Crippen molar-refractivity contribution >= 4 is 5.97 Å². The summed E-state index contributed by atoms with van der Waals surface area (Å²) in [5.74, 6) is -0.154. The van der Waals surface area contributed by atoms with E-state index < -0.39 is 11.4 Å². The Labute approximate surface area is 78.5 Å². The Balaban J connectivity index is 2.06. The molecule has 3 nitrogen and oxygen atoms in total. The standard InChI is InChI=1S/C10H17NO2/c12-9(13)10(6-11-7-10)8-4-2-1-3-5-8/h8,11H,1-7H2,(H,12,13). The molecule has 0 bridgehead atoms. The van der Waals surface area contributed by atoms with Crippen LogP contribution in [0, 0.1) is 11.3 Å². The van der Waals surface area contributed by atoms with Gasteiger partial charge >= 0.3 is 5.97 Å². The number of nitrogens with one attached hydrogen (secondary N) is 1. The fourth-order valence-electron chi connectivity index (χ4n) is 2.66. The van der Waals surface area contributed by atoms with Gasteiger partial charge in [0.15, 0.2) is 0 Å². The lowest BCUT2D eigenvalue weighted by Crippen LogP contribution is -2.62. The Bertz CT molecular complexity index is 205. The average molecular weight is 183 g/mol. The number of hydrogen-bond donors (Lipinski definition) is 2. The second kappa shape index (κ2) is 3.29. The Hall–Kier alpha value is -0.570. The van der Waals surface area contributed by atoms with Crippen molar-refractivity contribution in [2.45, 2.75) is 32.1 Å². The van der Waals surface area contributed by atoms with E-state index in [4.69, 9.17) is 0 Å². The van der Waals surface area contributed by atoms with Crippen molar-refractivity contribution in [2.75, 3.05) is 13.1 Å². The molecule has 0 spiro atoms. The van der Waals surface area contributed by atoms with Crippen LogP contribution >= 0.6 is 0 Å². The van der Waals surface area contributed by atoms with Gasteiger partial charge in [-0.3, -0.25) is 4.79 Å². The van der Waals surface area contributed by atoms with E-state index in [1.165, 1.54) is 19.3 Å². The summed E-state index contributed by atoms with van der Waals surface area (Å²) in [6.07, 6.45) is 5.97. The van der Waals surface area contributed by atoms with E-state index in [1.807, 2.05) is 0 Å². The Morgan fingerprint density at radius 1 is 1.23 bits per heavy atom. The van der Waals surface area contributed by atoms with Gasteiger partial charge in [-0.1, -0.05) is 19.3 Å². The summed E-state index contributed by atoms with van der Waals surface area (Å²) < 4.78 is 0. The molecule has 13 heavy (non-hydrogen) atoms. The maximum absolute atomic E-state index is 11.2. The highest BCUT2D eigenvalue weighted by molar-refractivity contribution is 5.77. The van der Waals surface area contributed by atoms with E-state index in [0.29, 0.717) is 19.0 Å². The van der Waals surface area contributed by atoms with Crippen LogP contribution < -0.4 is 5.32 Å². The van der Waals surface area contributed by atoms with Crippen LogP contribution in [0.2, 0.25) is 0 Å². The molecule has 0 aromatic heterocycles. The zero-order valence-electron chi connectivity index (χ0n) is 7.88. The lowest BCUT2D eigenvalue weighted by Gasteiger charge is -2.46. The molecule has 1 aliphatic carbocycles. The van der Waals surface area contributed by atoms with Crippen LogP contribution in [0.4, 0.5) is 0 Å². The largest absolute Gasteiger partial charge is 0.481 e. The first-order valence-corrected chi connectivity index (χ1v) is 5.20. The molecular formula is C10H17NO2. The summed E-state index contributed by atoms with van der Waals surface area (Å²) in [5.41, 5.74) is -0.402. The van der Waals surface area contributed by atoms with Crippen molar-refractivity contribution in [1.82, 2.24) is 5.32 Å². The highest BCUT2D eigenvalue weighted by Crippen LogP contribution is 2.41. The van der Waals surface area contributed by atoms with Gasteiger partial charge in [0.2, 0.25) is 0 Å². The summed E-state index contributed by atoms with van der Waals surface area (Å²) in [6.45, 7) is 1.37. The molecule has 0 atom stereocenters. The third-order valence-electron chi connectivity index (χ3n) is 3.69. The minimum Gasteiger partial charge on any atom is -0.481 e. The molecule has 0 unspecified atom stereocenters. The predicted molar refractivity (Wildman–Crippen MR) is 49.5 cm³/mol. The van der Waals surface area contributed by atoms with Gasteiger partial charge in [-0.25, -0.2) is 0 Å². The van der Waals surface area contributed by atoms with Crippen molar-refractivity contribution in [1.29, 1.82) is 0 Å². The summed E-state index contributed by atoms with van der Waals surface area (Å²) in [7, 11) is 0. The van der Waals surface area contributed by atoms with Gasteiger partial charge < -0.3 is 10.4 Å². The number of hydrogen-bond acceptors (Lipinski definition) is 2. The lowest BCUT2D eigenvalue weighted by molar-refractivity contribution is -0.158. The zero-order valence-corrected chi connectivity index (χ0v) is 7.88. The number of rotatable bonds is 2. The minimum absolute atomic E-state index is 0.402. The maximum Gasteiger partial charge on any atom is 0.312 e. The van der Waals surface area contributed by atoms with Gasteiger partial charge in [0.25, 0.3) is 0 Å². The molecule has 3 heteroatoms. The van der Waals surface area contributed by atoms with Crippen molar-refractivity contribution in [3.05, 3.63) is 0 Å². The summed E-state index contributed by atoms with van der Waals surface area (Å²) in [6, 6.07) is 0. The molecule has 1 heterocycles. The first-order valence-electron chi connectivity index (χ1n) is 5.20. The predicted octanol–water partition coefficient (Wildman–Crippen LogP) is 1.24. The summed E-state index contributed by atoms with van der Waals surface area (Å²) >= 11 is 0. The first-order chi connectivity index (χ1) is 6.26. The third-order valence-corrected chi connectivity index (χ3v) is 3.69. The third kappa shape index (κ3) is 1.35. The number of carboxylic acids is 1. The number of carbonyl (C=O) groups is 1. The van der Waals surface area contributed by atoms with Crippen LogP contribution in [0.25, 0.3) is 0 Å². The maximum atomic E-state index is 11.2. The fourth-order valence-corrected chi connectivity index (χ4v) is 2.66. The lowest BCUT2D eigenvalue weighted by atomic mass is 9.65. The fraction of sp³-hybridized carbons (Fsp3) is 0.900. The van der Waals surface area contributed by atoms with Crippen LogP contribution in [0.5, 0.6) is 0 Å². The monoisotopic (exact) mass is 183 g/mol. The van der Waals surface area contributed by atoms with Gasteiger partial charge in [-0.15, -0.1) is 0 Å². The highest BCUT2D eigenvalue weighted by Gasteiger charge is 2.50. The number of aliphatic carboxylic acids is 1. The zero-order chi connectivity index (χ0) is 9.31. The van der Waals surface area contributed by atoms with Gasteiger partial charge in [-0.05, 0) is 18.8 Å². The van der Waals surface area contributed by atoms with Crippen LogP contribution in [-0.4, -0.2) is 24.2 Å². The average Bonchev–Trinajstić information content (AvgIpc) is 2.03. The van der Waals surface area contributed by atoms with E-state index in [9.17, 15) is 9.90 Å². The summed E-state index contributed by atoms with van der Waals surface area (Å²) in [5, 5.41) is 12.3. The van der Waals surface area contributed by atoms with Crippen molar-refractivity contribution in [2.24, 2.45) is 11.3 Å². The molecule has 0 amide bonds. The molecule has 0 radical (unpaired) electrons. The Morgan fingerprint density at radius 3 is 2.23 bits per heavy atom. The van der Waals surface area contributed by atoms with E-state index in [2.05, 4.69) is 5.32 Å². The second-order valence-corrected chi connectivity index (χ2v) is 4.40. The molecule has 1 aliphatic heterocycles. The summed E-state index contributed by atoms with van der Waals surface area (Å²) in [4.78, 5) is 11.2. The Morgan fingerprint density at radius 2 is 1.85 bits per heavy atom. The molecule has 74 valence electrons. The van der Waals surface area contributed by atoms with Crippen molar-refractivity contribution in [3.63, 3.8) is 0 Å². The molecule has 2 fully saturated rings. The van der Waals surface area contributed by atoms with E-state index >= 15 is 0 Å². The van der Waals surface area contributed by atoms with Crippen molar-refractivity contribution in [3.8, 4) is 0 Å². The SMILES string of the molecule is O=C(O)C1(C2CCCCC2)CNC1. The smallest absolute Gasteiger partial charge is 0.312 e. The van der Waals surface area contributed by atoms with E-state index in [1.54, 1.807) is 0 Å².